The third-order valence-electron chi connectivity index (χ3n) is 2.01. The summed E-state index contributed by atoms with van der Waals surface area (Å²) >= 11 is 0. The molecule has 0 aliphatic carbocycles. The fourth-order valence-electron chi connectivity index (χ4n) is 1.35. The van der Waals surface area contributed by atoms with Crippen molar-refractivity contribution < 1.29 is 19.4 Å². The van der Waals surface area contributed by atoms with Gasteiger partial charge in [0.25, 0.3) is 0 Å². The maximum Gasteiger partial charge on any atom is 0.343 e. The van der Waals surface area contributed by atoms with E-state index in [4.69, 9.17) is 4.74 Å². The number of hydrogen-bond donors (Lipinski definition) is 1. The Balaban J connectivity index is 0.00000121. The zero-order valence-electron chi connectivity index (χ0n) is 11.0. The number of phenolic OH excluding ortho intramolecular Hbond substituents is 1. The van der Waals surface area contributed by atoms with E-state index in [2.05, 4.69) is 4.74 Å². The first kappa shape index (κ1) is 15.3. The molecule has 0 amide bonds. The molecular weight excluding hydrogens is 220 g/mol. The predicted octanol–water partition coefficient (Wildman–Crippen LogP) is 2.59. The van der Waals surface area contributed by atoms with Gasteiger partial charge in [-0.3, -0.25) is 0 Å². The van der Waals surface area contributed by atoms with Crippen LogP contribution in [-0.4, -0.2) is 24.8 Å². The average Bonchev–Trinajstić information content (AvgIpc) is 2.29. The van der Waals surface area contributed by atoms with Gasteiger partial charge >= 0.3 is 5.97 Å². The second kappa shape index (κ2) is 7.54. The molecule has 1 aromatic rings. The quantitative estimate of drug-likeness (QED) is 0.825. The molecule has 0 aromatic heterocycles. The van der Waals surface area contributed by atoms with Crippen LogP contribution in [0, 0.1) is 13.8 Å². The van der Waals surface area contributed by atoms with E-state index in [-0.39, 0.29) is 12.4 Å². The van der Waals surface area contributed by atoms with E-state index in [1.807, 2.05) is 13.8 Å². The van der Waals surface area contributed by atoms with Crippen LogP contribution in [0.2, 0.25) is 0 Å². The van der Waals surface area contributed by atoms with Crippen molar-refractivity contribution in [1.82, 2.24) is 0 Å². The SMILES string of the molecule is CC.COC(=O)COc1c(C)cc(O)cc1C. The number of hydrogen-bond acceptors (Lipinski definition) is 4. The maximum atomic E-state index is 10.9. The number of phenols is 1. The van der Waals surface area contributed by atoms with Gasteiger partial charge in [0.2, 0.25) is 0 Å². The second-order valence-corrected chi connectivity index (χ2v) is 3.27. The molecule has 4 nitrogen and oxygen atoms in total. The molecule has 17 heavy (non-hydrogen) atoms. The summed E-state index contributed by atoms with van der Waals surface area (Å²) in [5, 5.41) is 9.29. The molecule has 0 radical (unpaired) electrons. The van der Waals surface area contributed by atoms with E-state index in [0.29, 0.717) is 5.75 Å². The number of carbonyl (C=O) groups excluding carboxylic acids is 1. The Bertz CT molecular complexity index is 349. The van der Waals surface area contributed by atoms with Crippen molar-refractivity contribution in [3.05, 3.63) is 23.3 Å². The highest BCUT2D eigenvalue weighted by molar-refractivity contribution is 5.71. The minimum absolute atomic E-state index is 0.122. The summed E-state index contributed by atoms with van der Waals surface area (Å²) in [5.74, 6) is 0.371. The highest BCUT2D eigenvalue weighted by Crippen LogP contribution is 2.27. The number of aryl methyl sites for hydroxylation is 2. The Morgan fingerprint density at radius 3 is 2.12 bits per heavy atom. The molecule has 1 rings (SSSR count). The summed E-state index contributed by atoms with van der Waals surface area (Å²) in [4.78, 5) is 10.9. The maximum absolute atomic E-state index is 10.9. The smallest absolute Gasteiger partial charge is 0.343 e. The van der Waals surface area contributed by atoms with Gasteiger partial charge in [-0.05, 0) is 37.1 Å². The minimum atomic E-state index is -0.429. The standard InChI is InChI=1S/C11H14O4.C2H6/c1-7-4-9(12)5-8(2)11(7)15-6-10(13)14-3;1-2/h4-5,12H,6H2,1-3H3;1-2H3. The average molecular weight is 240 g/mol. The normalized spacial score (nSPS) is 9.00. The molecule has 0 aliphatic heterocycles. The number of aromatic hydroxyl groups is 1. The first-order chi connectivity index (χ1) is 8.04. The summed E-state index contributed by atoms with van der Waals surface area (Å²) in [5.41, 5.74) is 1.58. The van der Waals surface area contributed by atoms with Gasteiger partial charge in [0.15, 0.2) is 6.61 Å². The van der Waals surface area contributed by atoms with E-state index in [1.165, 1.54) is 7.11 Å². The molecule has 0 saturated carbocycles. The van der Waals surface area contributed by atoms with Gasteiger partial charge in [0.05, 0.1) is 7.11 Å². The third-order valence-corrected chi connectivity index (χ3v) is 2.01. The van der Waals surface area contributed by atoms with Gasteiger partial charge in [-0.2, -0.15) is 0 Å². The lowest BCUT2D eigenvalue weighted by Gasteiger charge is -2.11. The summed E-state index contributed by atoms with van der Waals surface area (Å²) in [6.45, 7) is 7.49. The van der Waals surface area contributed by atoms with E-state index in [0.717, 1.165) is 11.1 Å². The molecule has 4 heteroatoms. The minimum Gasteiger partial charge on any atom is -0.508 e. The van der Waals surface area contributed by atoms with Crippen molar-refractivity contribution >= 4 is 5.97 Å². The Hall–Kier alpha value is -1.71. The number of carbonyl (C=O) groups is 1. The Kier molecular flexibility index (Phi) is 6.79. The van der Waals surface area contributed by atoms with Crippen LogP contribution in [0.4, 0.5) is 0 Å². The van der Waals surface area contributed by atoms with E-state index < -0.39 is 5.97 Å². The summed E-state index contributed by atoms with van der Waals surface area (Å²) in [6, 6.07) is 3.17. The molecule has 0 saturated heterocycles. The van der Waals surface area contributed by atoms with Crippen molar-refractivity contribution in [2.45, 2.75) is 27.7 Å². The van der Waals surface area contributed by atoms with Gasteiger partial charge < -0.3 is 14.6 Å². The largest absolute Gasteiger partial charge is 0.508 e. The third kappa shape index (κ3) is 4.76. The molecule has 0 fully saturated rings. The number of esters is 1. The van der Waals surface area contributed by atoms with Crippen molar-refractivity contribution in [3.63, 3.8) is 0 Å². The van der Waals surface area contributed by atoms with Gasteiger partial charge in [0, 0.05) is 0 Å². The van der Waals surface area contributed by atoms with Gasteiger partial charge in [-0.1, -0.05) is 13.8 Å². The summed E-state index contributed by atoms with van der Waals surface area (Å²) in [7, 11) is 1.31. The lowest BCUT2D eigenvalue weighted by Crippen LogP contribution is -2.13. The summed E-state index contributed by atoms with van der Waals surface area (Å²) < 4.78 is 9.75. The zero-order chi connectivity index (χ0) is 13.4. The van der Waals surface area contributed by atoms with Crippen molar-refractivity contribution in [1.29, 1.82) is 0 Å². The van der Waals surface area contributed by atoms with E-state index >= 15 is 0 Å². The lowest BCUT2D eigenvalue weighted by atomic mass is 10.1. The predicted molar refractivity (Wildman–Crippen MR) is 66.4 cm³/mol. The first-order valence-corrected chi connectivity index (χ1v) is 5.54. The van der Waals surface area contributed by atoms with Crippen LogP contribution in [0.1, 0.15) is 25.0 Å². The first-order valence-electron chi connectivity index (χ1n) is 5.54. The Labute approximate surface area is 102 Å². The molecule has 0 unspecified atom stereocenters. The number of methoxy groups -OCH3 is 1. The highest BCUT2D eigenvalue weighted by Gasteiger charge is 2.08. The molecule has 0 bridgehead atoms. The van der Waals surface area contributed by atoms with Gasteiger partial charge in [-0.15, -0.1) is 0 Å². The van der Waals surface area contributed by atoms with Crippen LogP contribution in [0.3, 0.4) is 0 Å². The molecule has 0 heterocycles. The molecule has 0 aliphatic rings. The van der Waals surface area contributed by atoms with Crippen molar-refractivity contribution in [2.75, 3.05) is 13.7 Å². The Morgan fingerprint density at radius 1 is 1.24 bits per heavy atom. The molecular formula is C13H20O4. The van der Waals surface area contributed by atoms with Crippen molar-refractivity contribution in [3.8, 4) is 11.5 Å². The van der Waals surface area contributed by atoms with E-state index in [9.17, 15) is 9.90 Å². The van der Waals surface area contributed by atoms with Crippen LogP contribution in [0.5, 0.6) is 11.5 Å². The van der Waals surface area contributed by atoms with Gasteiger partial charge in [-0.25, -0.2) is 4.79 Å². The molecule has 0 spiro atoms. The van der Waals surface area contributed by atoms with Crippen LogP contribution in [0.15, 0.2) is 12.1 Å². The van der Waals surface area contributed by atoms with Crippen LogP contribution in [0.25, 0.3) is 0 Å². The summed E-state index contributed by atoms with van der Waals surface area (Å²) in [6.07, 6.45) is 0. The van der Waals surface area contributed by atoms with Gasteiger partial charge in [0.1, 0.15) is 11.5 Å². The topological polar surface area (TPSA) is 55.8 Å². The lowest BCUT2D eigenvalue weighted by molar-refractivity contribution is -0.142. The molecule has 96 valence electrons. The highest BCUT2D eigenvalue weighted by atomic mass is 16.6. The fourth-order valence-corrected chi connectivity index (χ4v) is 1.35. The van der Waals surface area contributed by atoms with Crippen LogP contribution in [-0.2, 0) is 9.53 Å². The van der Waals surface area contributed by atoms with Crippen molar-refractivity contribution in [2.24, 2.45) is 0 Å². The molecule has 1 aromatic carbocycles. The monoisotopic (exact) mass is 240 g/mol. The molecule has 0 atom stereocenters. The second-order valence-electron chi connectivity index (χ2n) is 3.27. The Morgan fingerprint density at radius 2 is 1.71 bits per heavy atom. The molecule has 1 N–H and O–H groups in total. The number of rotatable bonds is 3. The zero-order valence-corrected chi connectivity index (χ0v) is 11.0. The fraction of sp³-hybridized carbons (Fsp3) is 0.462. The number of ether oxygens (including phenoxy) is 2. The van der Waals surface area contributed by atoms with Crippen LogP contribution >= 0.6 is 0 Å². The number of benzene rings is 1. The van der Waals surface area contributed by atoms with E-state index in [1.54, 1.807) is 26.0 Å². The van der Waals surface area contributed by atoms with Crippen LogP contribution < -0.4 is 4.74 Å².